The molecule has 1 aliphatic heterocycles. The van der Waals surface area contributed by atoms with Crippen molar-refractivity contribution in [3.05, 3.63) is 29.8 Å². The van der Waals surface area contributed by atoms with Gasteiger partial charge in [-0.2, -0.15) is 0 Å². The zero-order chi connectivity index (χ0) is 12.6. The molecule has 0 radical (unpaired) electrons. The fourth-order valence-electron chi connectivity index (χ4n) is 2.27. The monoisotopic (exact) mass is 248 g/mol. The van der Waals surface area contributed by atoms with Gasteiger partial charge in [-0.05, 0) is 24.1 Å². The highest BCUT2D eigenvalue weighted by Crippen LogP contribution is 2.13. The fourth-order valence-corrected chi connectivity index (χ4v) is 2.27. The predicted molar refractivity (Wildman–Crippen MR) is 75.2 cm³/mol. The number of nitrogens with zero attached hydrogens (tertiary/aromatic N) is 1. The fraction of sp³-hybridized carbons (Fsp3) is 0.600. The molecule has 1 aromatic rings. The van der Waals surface area contributed by atoms with Crippen LogP contribution in [0.4, 0.5) is 0 Å². The van der Waals surface area contributed by atoms with E-state index < -0.39 is 0 Å². The Bertz CT molecular complexity index is 331. The lowest BCUT2D eigenvalue weighted by molar-refractivity contribution is 0.191. The van der Waals surface area contributed by atoms with Gasteiger partial charge >= 0.3 is 0 Å². The van der Waals surface area contributed by atoms with Crippen molar-refractivity contribution in [3.8, 4) is 5.75 Å². The van der Waals surface area contributed by atoms with Crippen LogP contribution in [0.3, 0.4) is 0 Å². The molecule has 1 N–H and O–H groups in total. The molecule has 1 heterocycles. The van der Waals surface area contributed by atoms with E-state index in [2.05, 4.69) is 41.4 Å². The van der Waals surface area contributed by atoms with Gasteiger partial charge in [0.15, 0.2) is 0 Å². The predicted octanol–water partition coefficient (Wildman–Crippen LogP) is 1.92. The third kappa shape index (κ3) is 4.31. The molecule has 0 spiro atoms. The van der Waals surface area contributed by atoms with Crippen molar-refractivity contribution in [1.29, 1.82) is 0 Å². The van der Waals surface area contributed by atoms with Gasteiger partial charge in [0.2, 0.25) is 0 Å². The zero-order valence-corrected chi connectivity index (χ0v) is 11.3. The first-order chi connectivity index (χ1) is 8.88. The Kier molecular flexibility index (Phi) is 5.49. The van der Waals surface area contributed by atoms with E-state index in [0.717, 1.165) is 51.5 Å². The lowest BCUT2D eigenvalue weighted by Crippen LogP contribution is -2.44. The molecule has 3 heteroatoms. The maximum Gasteiger partial charge on any atom is 0.119 e. The minimum atomic E-state index is 0.785. The smallest absolute Gasteiger partial charge is 0.119 e. The summed E-state index contributed by atoms with van der Waals surface area (Å²) in [5, 5.41) is 3.36. The van der Waals surface area contributed by atoms with Crippen LogP contribution in [0.2, 0.25) is 0 Å². The Hall–Kier alpha value is -1.06. The summed E-state index contributed by atoms with van der Waals surface area (Å²) < 4.78 is 5.78. The van der Waals surface area contributed by atoms with Crippen molar-refractivity contribution in [2.24, 2.45) is 0 Å². The normalized spacial score (nSPS) is 16.7. The van der Waals surface area contributed by atoms with Crippen LogP contribution in [-0.4, -0.2) is 44.2 Å². The molecule has 2 rings (SSSR count). The van der Waals surface area contributed by atoms with Gasteiger partial charge in [0, 0.05) is 32.7 Å². The van der Waals surface area contributed by atoms with E-state index in [1.807, 2.05) is 0 Å². The number of benzene rings is 1. The Morgan fingerprint density at radius 1 is 1.17 bits per heavy atom. The highest BCUT2D eigenvalue weighted by atomic mass is 16.5. The van der Waals surface area contributed by atoms with Gasteiger partial charge in [0.05, 0.1) is 0 Å². The maximum absolute atomic E-state index is 5.78. The summed E-state index contributed by atoms with van der Waals surface area (Å²) in [6.45, 7) is 8.50. The molecule has 100 valence electrons. The van der Waals surface area contributed by atoms with Crippen LogP contribution in [0.25, 0.3) is 0 Å². The maximum atomic E-state index is 5.78. The first kappa shape index (κ1) is 13.4. The highest BCUT2D eigenvalue weighted by Gasteiger charge is 2.08. The van der Waals surface area contributed by atoms with E-state index in [1.54, 1.807) is 0 Å². The lowest BCUT2D eigenvalue weighted by atomic mass is 10.1. The third-order valence-electron chi connectivity index (χ3n) is 3.35. The van der Waals surface area contributed by atoms with Crippen LogP contribution in [0.15, 0.2) is 24.3 Å². The quantitative estimate of drug-likeness (QED) is 0.832. The van der Waals surface area contributed by atoms with Crippen LogP contribution in [0.5, 0.6) is 5.75 Å². The Morgan fingerprint density at radius 2 is 1.89 bits per heavy atom. The molecule has 0 amide bonds. The number of nitrogens with one attached hydrogen (secondary N) is 1. The molecular formula is C15H24N2O. The van der Waals surface area contributed by atoms with Crippen LogP contribution in [0, 0.1) is 0 Å². The minimum Gasteiger partial charge on any atom is -0.492 e. The summed E-state index contributed by atoms with van der Waals surface area (Å²) in [4.78, 5) is 2.45. The van der Waals surface area contributed by atoms with Crippen LogP contribution in [0.1, 0.15) is 18.9 Å². The average Bonchev–Trinajstić information content (AvgIpc) is 2.42. The molecule has 0 unspecified atom stereocenters. The second-order valence-corrected chi connectivity index (χ2v) is 4.83. The number of ether oxygens (including phenoxy) is 1. The van der Waals surface area contributed by atoms with E-state index in [0.29, 0.717) is 0 Å². The summed E-state index contributed by atoms with van der Waals surface area (Å²) >= 11 is 0. The number of hydrogen-bond donors (Lipinski definition) is 1. The minimum absolute atomic E-state index is 0.785. The van der Waals surface area contributed by atoms with Crippen molar-refractivity contribution in [1.82, 2.24) is 10.2 Å². The number of piperazine rings is 1. The second kappa shape index (κ2) is 7.39. The molecule has 1 saturated heterocycles. The molecule has 1 aliphatic rings. The van der Waals surface area contributed by atoms with E-state index in [1.165, 1.54) is 12.0 Å². The summed E-state index contributed by atoms with van der Waals surface area (Å²) in [7, 11) is 0. The molecule has 18 heavy (non-hydrogen) atoms. The zero-order valence-electron chi connectivity index (χ0n) is 11.3. The lowest BCUT2D eigenvalue weighted by Gasteiger charge is -2.26. The highest BCUT2D eigenvalue weighted by molar-refractivity contribution is 5.27. The van der Waals surface area contributed by atoms with Crippen LogP contribution >= 0.6 is 0 Å². The van der Waals surface area contributed by atoms with E-state index in [4.69, 9.17) is 4.74 Å². The number of rotatable bonds is 6. The second-order valence-electron chi connectivity index (χ2n) is 4.83. The SMILES string of the molecule is CCCc1ccc(OCCN2CCNCC2)cc1. The average molecular weight is 248 g/mol. The van der Waals surface area contributed by atoms with Crippen molar-refractivity contribution in [2.75, 3.05) is 39.3 Å². The van der Waals surface area contributed by atoms with Gasteiger partial charge in [-0.3, -0.25) is 4.90 Å². The Morgan fingerprint density at radius 3 is 2.56 bits per heavy atom. The number of aryl methyl sites for hydroxylation is 1. The molecule has 0 atom stereocenters. The van der Waals surface area contributed by atoms with Gasteiger partial charge in [0.25, 0.3) is 0 Å². The van der Waals surface area contributed by atoms with Gasteiger partial charge < -0.3 is 10.1 Å². The molecular weight excluding hydrogens is 224 g/mol. The molecule has 1 fully saturated rings. The van der Waals surface area contributed by atoms with E-state index in [-0.39, 0.29) is 0 Å². The topological polar surface area (TPSA) is 24.5 Å². The summed E-state index contributed by atoms with van der Waals surface area (Å²) in [5.74, 6) is 0.991. The Balaban J connectivity index is 1.69. The molecule has 0 saturated carbocycles. The summed E-state index contributed by atoms with van der Waals surface area (Å²) in [6, 6.07) is 8.51. The van der Waals surface area contributed by atoms with Crippen molar-refractivity contribution >= 4 is 0 Å². The molecule has 1 aromatic carbocycles. The van der Waals surface area contributed by atoms with Crippen molar-refractivity contribution in [3.63, 3.8) is 0 Å². The van der Waals surface area contributed by atoms with Crippen LogP contribution in [-0.2, 0) is 6.42 Å². The van der Waals surface area contributed by atoms with E-state index in [9.17, 15) is 0 Å². The van der Waals surface area contributed by atoms with Crippen LogP contribution < -0.4 is 10.1 Å². The first-order valence-corrected chi connectivity index (χ1v) is 7.03. The number of hydrogen-bond acceptors (Lipinski definition) is 3. The third-order valence-corrected chi connectivity index (χ3v) is 3.35. The Labute approximate surface area is 110 Å². The molecule has 3 nitrogen and oxygen atoms in total. The standard InChI is InChI=1S/C15H24N2O/c1-2-3-14-4-6-15(7-5-14)18-13-12-17-10-8-16-9-11-17/h4-7,16H,2-3,8-13H2,1H3. The van der Waals surface area contributed by atoms with Crippen molar-refractivity contribution < 1.29 is 4.74 Å². The largest absolute Gasteiger partial charge is 0.492 e. The summed E-state index contributed by atoms with van der Waals surface area (Å²) in [6.07, 6.45) is 2.35. The van der Waals surface area contributed by atoms with Crippen molar-refractivity contribution in [2.45, 2.75) is 19.8 Å². The molecule has 0 aromatic heterocycles. The van der Waals surface area contributed by atoms with Gasteiger partial charge in [-0.15, -0.1) is 0 Å². The first-order valence-electron chi connectivity index (χ1n) is 7.03. The van der Waals surface area contributed by atoms with Gasteiger partial charge in [-0.25, -0.2) is 0 Å². The summed E-state index contributed by atoms with van der Waals surface area (Å²) in [5.41, 5.74) is 1.40. The molecule has 0 bridgehead atoms. The van der Waals surface area contributed by atoms with Gasteiger partial charge in [0.1, 0.15) is 12.4 Å². The van der Waals surface area contributed by atoms with Gasteiger partial charge in [-0.1, -0.05) is 25.5 Å². The van der Waals surface area contributed by atoms with E-state index >= 15 is 0 Å². The molecule has 0 aliphatic carbocycles.